The molecule has 0 radical (unpaired) electrons. The molecule has 1 nitrogen and oxygen atoms in total. The van der Waals surface area contributed by atoms with E-state index < -0.39 is 0 Å². The van der Waals surface area contributed by atoms with Gasteiger partial charge in [-0.25, -0.2) is 0 Å². The number of allylic oxidation sites excluding steroid dienone is 1. The molecule has 1 N–H and O–H groups in total. The van der Waals surface area contributed by atoms with Crippen molar-refractivity contribution in [3.8, 4) is 11.1 Å². The Labute approximate surface area is 134 Å². The van der Waals surface area contributed by atoms with Gasteiger partial charge in [-0.2, -0.15) is 0 Å². The summed E-state index contributed by atoms with van der Waals surface area (Å²) in [5, 5.41) is 9.49. The van der Waals surface area contributed by atoms with Gasteiger partial charge < -0.3 is 5.11 Å². The molecule has 2 aromatic carbocycles. The number of aliphatic hydroxyl groups excluding tert-OH is 1. The number of hydrogen-bond acceptors (Lipinski definition) is 1. The highest BCUT2D eigenvalue weighted by molar-refractivity contribution is 5.64. The van der Waals surface area contributed by atoms with Crippen molar-refractivity contribution in [2.24, 2.45) is 5.41 Å². The molecule has 1 heteroatoms. The van der Waals surface area contributed by atoms with Crippen molar-refractivity contribution in [1.82, 2.24) is 0 Å². The SMILES string of the molecule is C=C(O)C(C)c1ccc(-c2ccc(CC(C)(C)C)cc2)cc1. The van der Waals surface area contributed by atoms with Gasteiger partial charge in [-0.05, 0) is 34.1 Å². The highest BCUT2D eigenvalue weighted by Gasteiger charge is 2.11. The summed E-state index contributed by atoms with van der Waals surface area (Å²) in [7, 11) is 0. The van der Waals surface area contributed by atoms with E-state index in [2.05, 4.69) is 75.9 Å². The monoisotopic (exact) mass is 294 g/mol. The minimum absolute atomic E-state index is 0.0248. The fourth-order valence-electron chi connectivity index (χ4n) is 2.58. The van der Waals surface area contributed by atoms with Gasteiger partial charge in [0.05, 0.1) is 5.76 Å². The summed E-state index contributed by atoms with van der Waals surface area (Å²) < 4.78 is 0. The van der Waals surface area contributed by atoms with Crippen LogP contribution in [0.25, 0.3) is 11.1 Å². The van der Waals surface area contributed by atoms with Crippen molar-refractivity contribution in [2.45, 2.75) is 40.0 Å². The maximum atomic E-state index is 9.49. The van der Waals surface area contributed by atoms with Gasteiger partial charge in [0, 0.05) is 5.92 Å². The Morgan fingerprint density at radius 3 is 1.82 bits per heavy atom. The van der Waals surface area contributed by atoms with E-state index in [0.29, 0.717) is 5.41 Å². The maximum Gasteiger partial charge on any atom is 0.0922 e. The van der Waals surface area contributed by atoms with Gasteiger partial charge in [0.15, 0.2) is 0 Å². The zero-order valence-electron chi connectivity index (χ0n) is 14.1. The summed E-state index contributed by atoms with van der Waals surface area (Å²) in [5.41, 5.74) is 5.19. The molecule has 1 unspecified atom stereocenters. The van der Waals surface area contributed by atoms with E-state index in [1.165, 1.54) is 16.7 Å². The first-order chi connectivity index (χ1) is 10.3. The molecule has 0 heterocycles. The van der Waals surface area contributed by atoms with E-state index in [-0.39, 0.29) is 11.7 Å². The molecule has 0 aliphatic rings. The first kappa shape index (κ1) is 16.4. The van der Waals surface area contributed by atoms with Crippen LogP contribution in [0.15, 0.2) is 60.9 Å². The molecule has 0 saturated heterocycles. The predicted molar refractivity (Wildman–Crippen MR) is 95.2 cm³/mol. The standard InChI is InChI=1S/C21H26O/c1-15(16(2)22)18-10-12-20(13-11-18)19-8-6-17(7-9-19)14-21(3,4)5/h6-13,15,22H,2,14H2,1,3-5H3. The van der Waals surface area contributed by atoms with Gasteiger partial charge in [-0.1, -0.05) is 82.8 Å². The van der Waals surface area contributed by atoms with Gasteiger partial charge in [-0.15, -0.1) is 0 Å². The Bertz CT molecular complexity index is 627. The van der Waals surface area contributed by atoms with Gasteiger partial charge in [0.25, 0.3) is 0 Å². The molecule has 0 spiro atoms. The second-order valence-corrected chi connectivity index (χ2v) is 7.27. The lowest BCUT2D eigenvalue weighted by molar-refractivity contribution is 0.378. The highest BCUT2D eigenvalue weighted by atomic mass is 16.3. The average molecular weight is 294 g/mol. The van der Waals surface area contributed by atoms with Crippen LogP contribution in [0.3, 0.4) is 0 Å². The second kappa shape index (κ2) is 6.39. The fourth-order valence-corrected chi connectivity index (χ4v) is 2.58. The largest absolute Gasteiger partial charge is 0.512 e. The molecule has 0 aliphatic heterocycles. The van der Waals surface area contributed by atoms with Crippen LogP contribution in [0.5, 0.6) is 0 Å². The first-order valence-electron chi connectivity index (χ1n) is 7.83. The van der Waals surface area contributed by atoms with Crippen LogP contribution in [0.1, 0.15) is 44.7 Å². The van der Waals surface area contributed by atoms with Crippen molar-refractivity contribution in [1.29, 1.82) is 0 Å². The lowest BCUT2D eigenvalue weighted by atomic mass is 9.87. The normalized spacial score (nSPS) is 12.9. The van der Waals surface area contributed by atoms with E-state index in [0.717, 1.165) is 12.0 Å². The predicted octanol–water partition coefficient (Wildman–Crippen LogP) is 6.12. The van der Waals surface area contributed by atoms with Crippen molar-refractivity contribution >= 4 is 0 Å². The molecule has 116 valence electrons. The van der Waals surface area contributed by atoms with Crippen LogP contribution in [-0.4, -0.2) is 5.11 Å². The maximum absolute atomic E-state index is 9.49. The van der Waals surface area contributed by atoms with Gasteiger partial charge in [-0.3, -0.25) is 0 Å². The van der Waals surface area contributed by atoms with Crippen molar-refractivity contribution in [2.75, 3.05) is 0 Å². The number of aliphatic hydroxyl groups is 1. The van der Waals surface area contributed by atoms with E-state index in [4.69, 9.17) is 0 Å². The Kier molecular flexibility index (Phi) is 4.75. The molecule has 0 fully saturated rings. The van der Waals surface area contributed by atoms with Crippen LogP contribution < -0.4 is 0 Å². The third-order valence-corrected chi connectivity index (χ3v) is 3.93. The molecule has 0 aromatic heterocycles. The summed E-state index contributed by atoms with van der Waals surface area (Å²) in [5.74, 6) is 0.183. The third kappa shape index (κ3) is 4.24. The topological polar surface area (TPSA) is 20.2 Å². The summed E-state index contributed by atoms with van der Waals surface area (Å²) in [6.45, 7) is 12.3. The fraction of sp³-hybridized carbons (Fsp3) is 0.333. The smallest absolute Gasteiger partial charge is 0.0922 e. The van der Waals surface area contributed by atoms with Crippen LogP contribution in [0, 0.1) is 5.41 Å². The zero-order valence-corrected chi connectivity index (χ0v) is 14.1. The van der Waals surface area contributed by atoms with E-state index in [1.807, 2.05) is 6.92 Å². The zero-order chi connectivity index (χ0) is 16.3. The van der Waals surface area contributed by atoms with Crippen LogP contribution >= 0.6 is 0 Å². The Morgan fingerprint density at radius 2 is 1.41 bits per heavy atom. The van der Waals surface area contributed by atoms with Crippen LogP contribution in [0.2, 0.25) is 0 Å². The Hall–Kier alpha value is -2.02. The van der Waals surface area contributed by atoms with Crippen molar-refractivity contribution < 1.29 is 5.11 Å². The van der Waals surface area contributed by atoms with Crippen molar-refractivity contribution in [3.05, 3.63) is 72.0 Å². The third-order valence-electron chi connectivity index (χ3n) is 3.93. The summed E-state index contributed by atoms with van der Waals surface area (Å²) in [6, 6.07) is 17.1. The molecule has 2 aromatic rings. The average Bonchev–Trinajstić information content (AvgIpc) is 2.46. The summed E-state index contributed by atoms with van der Waals surface area (Å²) >= 11 is 0. The summed E-state index contributed by atoms with van der Waals surface area (Å²) in [4.78, 5) is 0. The minimum Gasteiger partial charge on any atom is -0.512 e. The van der Waals surface area contributed by atoms with Crippen LogP contribution in [0.4, 0.5) is 0 Å². The lowest BCUT2D eigenvalue weighted by Crippen LogP contribution is -2.08. The van der Waals surface area contributed by atoms with E-state index in [9.17, 15) is 5.11 Å². The van der Waals surface area contributed by atoms with E-state index >= 15 is 0 Å². The first-order valence-corrected chi connectivity index (χ1v) is 7.83. The Morgan fingerprint density at radius 1 is 0.955 bits per heavy atom. The number of benzene rings is 2. The highest BCUT2D eigenvalue weighted by Crippen LogP contribution is 2.27. The molecular weight excluding hydrogens is 268 g/mol. The minimum atomic E-state index is -0.0248. The van der Waals surface area contributed by atoms with E-state index in [1.54, 1.807) is 0 Å². The second-order valence-electron chi connectivity index (χ2n) is 7.27. The number of hydrogen-bond donors (Lipinski definition) is 1. The number of rotatable bonds is 4. The van der Waals surface area contributed by atoms with Gasteiger partial charge >= 0.3 is 0 Å². The molecule has 0 saturated carbocycles. The summed E-state index contributed by atoms with van der Waals surface area (Å²) in [6.07, 6.45) is 1.09. The molecule has 0 bridgehead atoms. The van der Waals surface area contributed by atoms with Gasteiger partial charge in [0.1, 0.15) is 0 Å². The van der Waals surface area contributed by atoms with Gasteiger partial charge in [0.2, 0.25) is 0 Å². The molecular formula is C21H26O. The molecule has 1 atom stereocenters. The van der Waals surface area contributed by atoms with Crippen molar-refractivity contribution in [3.63, 3.8) is 0 Å². The van der Waals surface area contributed by atoms with Crippen LogP contribution in [-0.2, 0) is 6.42 Å². The quantitative estimate of drug-likeness (QED) is 0.674. The molecule has 0 amide bonds. The molecule has 22 heavy (non-hydrogen) atoms. The molecule has 0 aliphatic carbocycles. The Balaban J connectivity index is 2.17. The molecule has 2 rings (SSSR count). The lowest BCUT2D eigenvalue weighted by Gasteiger charge is -2.18.